The Balaban J connectivity index is 0.645. The topological polar surface area (TPSA) is 0 Å². The molecule has 0 heterocycles. The molecule has 0 saturated heterocycles. The summed E-state index contributed by atoms with van der Waals surface area (Å²) in [4.78, 5) is 0. The van der Waals surface area contributed by atoms with Crippen LogP contribution < -0.4 is 0 Å². The van der Waals surface area contributed by atoms with Crippen LogP contribution in [0.15, 0.2) is 243 Å². The zero-order chi connectivity index (χ0) is 59.3. The highest BCUT2D eigenvalue weighted by atomic mass is 14.4. The average molecular weight is 1120 g/mol. The van der Waals surface area contributed by atoms with Gasteiger partial charge in [-0.1, -0.05) is 263 Å². The molecule has 87 heavy (non-hydrogen) atoms. The van der Waals surface area contributed by atoms with E-state index < -0.39 is 0 Å². The van der Waals surface area contributed by atoms with Gasteiger partial charge >= 0.3 is 0 Å². The summed E-state index contributed by atoms with van der Waals surface area (Å²) in [5.41, 5.74) is 42.0. The lowest BCUT2D eigenvalue weighted by Gasteiger charge is -2.24. The summed E-state index contributed by atoms with van der Waals surface area (Å²) in [6.07, 6.45) is 0. The Morgan fingerprint density at radius 1 is 0.138 bits per heavy atom. The van der Waals surface area contributed by atoms with Gasteiger partial charge < -0.3 is 0 Å². The summed E-state index contributed by atoms with van der Waals surface area (Å²) >= 11 is 0. The lowest BCUT2D eigenvalue weighted by atomic mass is 9.79. The molecule has 12 aromatic carbocycles. The number of hydrogen-bond acceptors (Lipinski definition) is 0. The summed E-state index contributed by atoms with van der Waals surface area (Å²) in [5, 5.41) is 0. The maximum atomic E-state index is 2.49. The van der Waals surface area contributed by atoms with Crippen molar-refractivity contribution in [3.63, 3.8) is 0 Å². The molecular weight excluding hydrogens is 1040 g/mol. The van der Waals surface area contributed by atoms with E-state index in [0.717, 1.165) is 0 Å². The van der Waals surface area contributed by atoms with Gasteiger partial charge in [0.05, 0.1) is 0 Å². The maximum Gasteiger partial charge on any atom is 0.0159 e. The van der Waals surface area contributed by atoms with Crippen LogP contribution in [0.25, 0.3) is 122 Å². The molecule has 0 unspecified atom stereocenters. The standard InChI is InChI=1S/C87H70/c1-83(2)73-25-17-15-23-63(73)65-39-31-55(47-79(65)83)59-19-11-13-21-61(59)57-33-41-71-69-37-29-53(45-77(69)86(7,8)81(71)49-57)51-27-35-67-68-36-28-52(44-76(68)85(5,6)75(67)43-51)54-30-38-70-72-42-34-58(50-82(72)87(9,10)78(70)46-54)62-22-14-12-20-60(62)56-32-40-66-64-24-16-18-26-74(64)84(3,4)80(66)48-56/h11-50H,1-10H3. The second-order valence-electron chi connectivity index (χ2n) is 28.4. The highest BCUT2D eigenvalue weighted by Crippen LogP contribution is 2.57. The van der Waals surface area contributed by atoms with E-state index in [2.05, 4.69) is 312 Å². The largest absolute Gasteiger partial charge is 0.0619 e. The summed E-state index contributed by atoms with van der Waals surface area (Å²) < 4.78 is 0. The Morgan fingerprint density at radius 2 is 0.287 bits per heavy atom. The van der Waals surface area contributed by atoms with Gasteiger partial charge in [-0.05, 0) is 227 Å². The van der Waals surface area contributed by atoms with Crippen LogP contribution in [0.3, 0.4) is 0 Å². The predicted molar refractivity (Wildman–Crippen MR) is 367 cm³/mol. The maximum absolute atomic E-state index is 2.49. The SMILES string of the molecule is CC1(C)c2cc(-c3ccc4c(c3)C(C)(C)c3cc(-c5ccccc5-c5ccc6c(c5)C(C)(C)c5ccccc5-6)ccc3-4)ccc2-c2ccc(-c3ccc4c(c3)C(C)(C)c3cc(-c5ccccc5-c5ccc6c(c5)C(C)(C)c5ccccc5-6)ccc3-4)cc21. The number of fused-ring (bicyclic) bond motifs is 15. The van der Waals surface area contributed by atoms with Crippen molar-refractivity contribution in [1.82, 2.24) is 0 Å². The summed E-state index contributed by atoms with van der Waals surface area (Å²) in [6.45, 7) is 24.0. The third-order valence-electron chi connectivity index (χ3n) is 22.0. The van der Waals surface area contributed by atoms with Crippen molar-refractivity contribution in [3.8, 4) is 122 Å². The van der Waals surface area contributed by atoms with Gasteiger partial charge in [-0.2, -0.15) is 0 Å². The van der Waals surface area contributed by atoms with Crippen molar-refractivity contribution in [3.05, 3.63) is 298 Å². The second-order valence-corrected chi connectivity index (χ2v) is 28.4. The first-order valence-corrected chi connectivity index (χ1v) is 31.5. The Kier molecular flexibility index (Phi) is 10.7. The number of rotatable bonds is 6. The zero-order valence-electron chi connectivity index (χ0n) is 51.6. The molecule has 0 atom stereocenters. The molecule has 0 radical (unpaired) electrons. The first kappa shape index (κ1) is 52.0. The van der Waals surface area contributed by atoms with Crippen molar-refractivity contribution in [2.45, 2.75) is 96.3 Å². The first-order valence-electron chi connectivity index (χ1n) is 31.5. The molecule has 0 nitrogen and oxygen atoms in total. The van der Waals surface area contributed by atoms with Crippen LogP contribution in [0.1, 0.15) is 125 Å². The molecule has 0 aliphatic heterocycles. The molecule has 0 N–H and O–H groups in total. The molecule has 0 bridgehead atoms. The van der Waals surface area contributed by atoms with E-state index in [-0.39, 0.29) is 27.1 Å². The molecule has 418 valence electrons. The van der Waals surface area contributed by atoms with E-state index in [1.54, 1.807) is 0 Å². The van der Waals surface area contributed by atoms with E-state index in [1.165, 1.54) is 178 Å². The fourth-order valence-electron chi connectivity index (χ4n) is 17.0. The zero-order valence-corrected chi connectivity index (χ0v) is 51.6. The summed E-state index contributed by atoms with van der Waals surface area (Å²) in [5.74, 6) is 0. The molecular formula is C87H70. The van der Waals surface area contributed by atoms with Gasteiger partial charge in [0, 0.05) is 27.1 Å². The van der Waals surface area contributed by atoms with Crippen molar-refractivity contribution >= 4 is 0 Å². The van der Waals surface area contributed by atoms with Crippen molar-refractivity contribution < 1.29 is 0 Å². The minimum Gasteiger partial charge on any atom is -0.0619 e. The lowest BCUT2D eigenvalue weighted by molar-refractivity contribution is 0.659. The monoisotopic (exact) mass is 1110 g/mol. The lowest BCUT2D eigenvalue weighted by Crippen LogP contribution is -2.16. The quantitative estimate of drug-likeness (QED) is 0.156. The molecule has 0 amide bonds. The molecule has 5 aliphatic rings. The molecule has 0 saturated carbocycles. The minimum atomic E-state index is -0.184. The van der Waals surface area contributed by atoms with Crippen LogP contribution in [-0.2, 0) is 27.1 Å². The number of hydrogen-bond donors (Lipinski definition) is 0. The number of benzene rings is 12. The van der Waals surface area contributed by atoms with E-state index in [4.69, 9.17) is 0 Å². The van der Waals surface area contributed by atoms with Crippen LogP contribution in [-0.4, -0.2) is 0 Å². The third kappa shape index (κ3) is 7.25. The molecule has 0 aromatic heterocycles. The van der Waals surface area contributed by atoms with Gasteiger partial charge in [0.15, 0.2) is 0 Å². The Labute approximate surface area is 514 Å². The molecule has 12 aromatic rings. The molecule has 0 spiro atoms. The Hall–Kier alpha value is -9.36. The summed E-state index contributed by atoms with van der Waals surface area (Å²) in [7, 11) is 0. The van der Waals surface area contributed by atoms with Gasteiger partial charge in [0.1, 0.15) is 0 Å². The minimum absolute atomic E-state index is 0.0537. The van der Waals surface area contributed by atoms with E-state index in [9.17, 15) is 0 Å². The van der Waals surface area contributed by atoms with Crippen molar-refractivity contribution in [1.29, 1.82) is 0 Å². The molecule has 0 heteroatoms. The van der Waals surface area contributed by atoms with Crippen molar-refractivity contribution in [2.24, 2.45) is 0 Å². The predicted octanol–water partition coefficient (Wildman–Crippen LogP) is 23.2. The fraction of sp³-hybridized carbons (Fsp3) is 0.172. The molecule has 17 rings (SSSR count). The van der Waals surface area contributed by atoms with Crippen molar-refractivity contribution in [2.75, 3.05) is 0 Å². The van der Waals surface area contributed by atoms with Gasteiger partial charge in [-0.3, -0.25) is 0 Å². The Morgan fingerprint density at radius 3 is 0.506 bits per heavy atom. The van der Waals surface area contributed by atoms with E-state index in [0.29, 0.717) is 0 Å². The molecule has 0 fully saturated rings. The van der Waals surface area contributed by atoms with Crippen LogP contribution in [0.5, 0.6) is 0 Å². The van der Waals surface area contributed by atoms with Crippen LogP contribution in [0, 0.1) is 0 Å². The highest BCUT2D eigenvalue weighted by molar-refractivity contribution is 5.95. The van der Waals surface area contributed by atoms with E-state index in [1.807, 2.05) is 0 Å². The third-order valence-corrected chi connectivity index (χ3v) is 22.0. The van der Waals surface area contributed by atoms with Gasteiger partial charge in [-0.15, -0.1) is 0 Å². The van der Waals surface area contributed by atoms with Crippen LogP contribution >= 0.6 is 0 Å². The van der Waals surface area contributed by atoms with Crippen LogP contribution in [0.2, 0.25) is 0 Å². The van der Waals surface area contributed by atoms with Gasteiger partial charge in [0.2, 0.25) is 0 Å². The smallest absolute Gasteiger partial charge is 0.0159 e. The highest BCUT2D eigenvalue weighted by Gasteiger charge is 2.41. The van der Waals surface area contributed by atoms with Crippen LogP contribution in [0.4, 0.5) is 0 Å². The van der Waals surface area contributed by atoms with Gasteiger partial charge in [0.25, 0.3) is 0 Å². The second kappa shape index (κ2) is 17.9. The molecule has 5 aliphatic carbocycles. The fourth-order valence-corrected chi connectivity index (χ4v) is 17.0. The van der Waals surface area contributed by atoms with Gasteiger partial charge in [-0.25, -0.2) is 0 Å². The average Bonchev–Trinajstić information content (AvgIpc) is 1.78. The van der Waals surface area contributed by atoms with E-state index >= 15 is 0 Å². The Bertz CT molecular complexity index is 4690. The normalized spacial score (nSPS) is 16.2. The first-order chi connectivity index (χ1) is 41.9. The summed E-state index contributed by atoms with van der Waals surface area (Å²) in [6, 6.07) is 93.5.